The van der Waals surface area contributed by atoms with Gasteiger partial charge in [0.25, 0.3) is 0 Å². The van der Waals surface area contributed by atoms with E-state index in [9.17, 15) is 0 Å². The van der Waals surface area contributed by atoms with Crippen molar-refractivity contribution in [3.05, 3.63) is 64.7 Å². The summed E-state index contributed by atoms with van der Waals surface area (Å²) in [6, 6.07) is 15.4. The summed E-state index contributed by atoms with van der Waals surface area (Å²) in [6.07, 6.45) is 0. The molecule has 2 rings (SSSR count). The van der Waals surface area contributed by atoms with Gasteiger partial charge in [-0.2, -0.15) is 0 Å². The van der Waals surface area contributed by atoms with E-state index in [1.807, 2.05) is 55.5 Å². The standard InChI is InChI=1S/C15H17ClN2O/c1-2-19-12-9-7-11(8-10-12)15(18-17)13-5-3-4-6-14(13)16/h3-10,15,18H,2,17H2,1H3. The molecule has 0 aromatic heterocycles. The lowest BCUT2D eigenvalue weighted by atomic mass is 9.99. The van der Waals surface area contributed by atoms with Crippen molar-refractivity contribution in [2.45, 2.75) is 13.0 Å². The number of nitrogens with one attached hydrogen (secondary N) is 1. The Kier molecular flexibility index (Phi) is 4.80. The van der Waals surface area contributed by atoms with Gasteiger partial charge in [0.05, 0.1) is 12.6 Å². The van der Waals surface area contributed by atoms with Crippen LogP contribution in [0.1, 0.15) is 24.1 Å². The number of hydrogen-bond acceptors (Lipinski definition) is 3. The zero-order valence-electron chi connectivity index (χ0n) is 10.8. The summed E-state index contributed by atoms with van der Waals surface area (Å²) in [6.45, 7) is 2.62. The highest BCUT2D eigenvalue weighted by Crippen LogP contribution is 2.28. The molecule has 0 bridgehead atoms. The van der Waals surface area contributed by atoms with Crippen molar-refractivity contribution in [3.63, 3.8) is 0 Å². The number of rotatable bonds is 5. The molecule has 3 nitrogen and oxygen atoms in total. The molecular formula is C15H17ClN2O. The van der Waals surface area contributed by atoms with E-state index < -0.39 is 0 Å². The van der Waals surface area contributed by atoms with Gasteiger partial charge >= 0.3 is 0 Å². The van der Waals surface area contributed by atoms with Crippen molar-refractivity contribution >= 4 is 11.6 Å². The highest BCUT2D eigenvalue weighted by molar-refractivity contribution is 6.31. The summed E-state index contributed by atoms with van der Waals surface area (Å²) in [5.74, 6) is 6.51. The van der Waals surface area contributed by atoms with E-state index in [-0.39, 0.29) is 6.04 Å². The fraction of sp³-hybridized carbons (Fsp3) is 0.200. The average molecular weight is 277 g/mol. The highest BCUT2D eigenvalue weighted by atomic mass is 35.5. The molecule has 0 aliphatic heterocycles. The molecule has 0 aliphatic rings. The van der Waals surface area contributed by atoms with E-state index in [1.54, 1.807) is 0 Å². The molecule has 4 heteroatoms. The van der Waals surface area contributed by atoms with Gasteiger partial charge in [-0.15, -0.1) is 0 Å². The van der Waals surface area contributed by atoms with Gasteiger partial charge in [-0.3, -0.25) is 5.84 Å². The Morgan fingerprint density at radius 1 is 1.16 bits per heavy atom. The molecule has 0 amide bonds. The fourth-order valence-electron chi connectivity index (χ4n) is 2.00. The molecule has 0 saturated heterocycles. The molecular weight excluding hydrogens is 260 g/mol. The molecule has 1 atom stereocenters. The summed E-state index contributed by atoms with van der Waals surface area (Å²) >= 11 is 6.21. The predicted octanol–water partition coefficient (Wildman–Crippen LogP) is 3.29. The number of halogens is 1. The molecule has 2 aromatic rings. The molecule has 0 aliphatic carbocycles. The average Bonchev–Trinajstić information content (AvgIpc) is 2.44. The van der Waals surface area contributed by atoms with Crippen LogP contribution in [0.25, 0.3) is 0 Å². The first-order valence-electron chi connectivity index (χ1n) is 6.19. The van der Waals surface area contributed by atoms with Crippen molar-refractivity contribution in [1.82, 2.24) is 5.43 Å². The number of nitrogens with two attached hydrogens (primary N) is 1. The Morgan fingerprint density at radius 2 is 1.84 bits per heavy atom. The molecule has 19 heavy (non-hydrogen) atoms. The minimum atomic E-state index is -0.135. The van der Waals surface area contributed by atoms with E-state index in [1.165, 1.54) is 0 Å². The summed E-state index contributed by atoms with van der Waals surface area (Å²) in [5, 5.41) is 0.694. The van der Waals surface area contributed by atoms with E-state index in [0.29, 0.717) is 11.6 Å². The Balaban J connectivity index is 2.29. The fourth-order valence-corrected chi connectivity index (χ4v) is 2.24. The summed E-state index contributed by atoms with van der Waals surface area (Å²) in [4.78, 5) is 0. The topological polar surface area (TPSA) is 47.3 Å². The number of ether oxygens (including phenoxy) is 1. The molecule has 1 unspecified atom stereocenters. The lowest BCUT2D eigenvalue weighted by Crippen LogP contribution is -2.29. The van der Waals surface area contributed by atoms with Crippen LogP contribution in [0, 0.1) is 0 Å². The zero-order valence-corrected chi connectivity index (χ0v) is 11.5. The lowest BCUT2D eigenvalue weighted by Gasteiger charge is -2.18. The Hall–Kier alpha value is -1.55. The largest absolute Gasteiger partial charge is 0.494 e. The van der Waals surface area contributed by atoms with Crippen molar-refractivity contribution in [2.75, 3.05) is 6.61 Å². The predicted molar refractivity (Wildman–Crippen MR) is 78.2 cm³/mol. The van der Waals surface area contributed by atoms with Gasteiger partial charge in [-0.25, -0.2) is 5.43 Å². The molecule has 0 spiro atoms. The maximum atomic E-state index is 6.21. The normalized spacial score (nSPS) is 12.2. The van der Waals surface area contributed by atoms with Gasteiger partial charge in [-0.05, 0) is 36.2 Å². The number of hydrazine groups is 1. The second-order valence-electron chi connectivity index (χ2n) is 4.12. The van der Waals surface area contributed by atoms with E-state index >= 15 is 0 Å². The summed E-state index contributed by atoms with van der Waals surface area (Å²) < 4.78 is 5.43. The Labute approximate surface area is 118 Å². The molecule has 0 heterocycles. The van der Waals surface area contributed by atoms with Crippen LogP contribution < -0.4 is 16.0 Å². The second kappa shape index (κ2) is 6.57. The van der Waals surface area contributed by atoms with Crippen molar-refractivity contribution in [3.8, 4) is 5.75 Å². The van der Waals surface area contributed by atoms with Crippen LogP contribution in [-0.2, 0) is 0 Å². The van der Waals surface area contributed by atoms with E-state index in [0.717, 1.165) is 16.9 Å². The minimum Gasteiger partial charge on any atom is -0.494 e. The molecule has 0 fully saturated rings. The van der Waals surface area contributed by atoms with Gasteiger partial charge in [0.1, 0.15) is 5.75 Å². The van der Waals surface area contributed by atoms with Crippen LogP contribution in [0.4, 0.5) is 0 Å². The first-order valence-corrected chi connectivity index (χ1v) is 6.57. The van der Waals surface area contributed by atoms with Crippen molar-refractivity contribution in [1.29, 1.82) is 0 Å². The summed E-state index contributed by atoms with van der Waals surface area (Å²) in [5.41, 5.74) is 4.80. The lowest BCUT2D eigenvalue weighted by molar-refractivity contribution is 0.340. The first-order chi connectivity index (χ1) is 9.26. The van der Waals surface area contributed by atoms with Crippen LogP contribution in [0.15, 0.2) is 48.5 Å². The van der Waals surface area contributed by atoms with Crippen molar-refractivity contribution < 1.29 is 4.74 Å². The number of benzene rings is 2. The SMILES string of the molecule is CCOc1ccc(C(NN)c2ccccc2Cl)cc1. The van der Waals surface area contributed by atoms with Crippen LogP contribution in [0.3, 0.4) is 0 Å². The van der Waals surface area contributed by atoms with Gasteiger partial charge in [0.2, 0.25) is 0 Å². The van der Waals surface area contributed by atoms with Crippen LogP contribution >= 0.6 is 11.6 Å². The second-order valence-corrected chi connectivity index (χ2v) is 4.53. The first kappa shape index (κ1) is 13.9. The smallest absolute Gasteiger partial charge is 0.119 e. The van der Waals surface area contributed by atoms with Crippen LogP contribution in [0.5, 0.6) is 5.75 Å². The van der Waals surface area contributed by atoms with Crippen LogP contribution in [-0.4, -0.2) is 6.61 Å². The maximum absolute atomic E-state index is 6.21. The molecule has 100 valence electrons. The van der Waals surface area contributed by atoms with Gasteiger partial charge in [0, 0.05) is 5.02 Å². The molecule has 0 saturated carbocycles. The quantitative estimate of drug-likeness (QED) is 0.651. The third-order valence-corrected chi connectivity index (χ3v) is 3.25. The molecule has 3 N–H and O–H groups in total. The van der Waals surface area contributed by atoms with Gasteiger partial charge < -0.3 is 4.74 Å². The number of hydrogen-bond donors (Lipinski definition) is 2. The minimum absolute atomic E-state index is 0.135. The molecule has 0 radical (unpaired) electrons. The van der Waals surface area contributed by atoms with E-state index in [4.69, 9.17) is 22.2 Å². The third kappa shape index (κ3) is 3.26. The maximum Gasteiger partial charge on any atom is 0.119 e. The Morgan fingerprint density at radius 3 is 2.42 bits per heavy atom. The van der Waals surface area contributed by atoms with Crippen molar-refractivity contribution in [2.24, 2.45) is 5.84 Å². The monoisotopic (exact) mass is 276 g/mol. The molecule has 2 aromatic carbocycles. The zero-order chi connectivity index (χ0) is 13.7. The van der Waals surface area contributed by atoms with Crippen LogP contribution in [0.2, 0.25) is 5.02 Å². The Bertz CT molecular complexity index is 528. The van der Waals surface area contributed by atoms with E-state index in [2.05, 4.69) is 5.43 Å². The van der Waals surface area contributed by atoms with Gasteiger partial charge in [-0.1, -0.05) is 41.9 Å². The highest BCUT2D eigenvalue weighted by Gasteiger charge is 2.14. The van der Waals surface area contributed by atoms with Gasteiger partial charge in [0.15, 0.2) is 0 Å². The summed E-state index contributed by atoms with van der Waals surface area (Å²) in [7, 11) is 0. The third-order valence-electron chi connectivity index (χ3n) is 2.91.